The van der Waals surface area contributed by atoms with Gasteiger partial charge in [-0.05, 0) is 84.5 Å². The highest BCUT2D eigenvalue weighted by Gasteiger charge is 2.11. The lowest BCUT2D eigenvalue weighted by molar-refractivity contribution is 0.475. The summed E-state index contributed by atoms with van der Waals surface area (Å²) >= 11 is 0. The first kappa shape index (κ1) is 16.1. The van der Waals surface area contributed by atoms with E-state index in [4.69, 9.17) is 0 Å². The molecule has 0 aliphatic heterocycles. The Morgan fingerprint density at radius 1 is 0.414 bits per heavy atom. The Hall–Kier alpha value is -3.84. The van der Waals surface area contributed by atoms with Crippen molar-refractivity contribution in [2.45, 2.75) is 0 Å². The van der Waals surface area contributed by atoms with Gasteiger partial charge in [-0.1, -0.05) is 72.8 Å². The molecule has 1 nitrogen and oxygen atoms in total. The zero-order valence-electron chi connectivity index (χ0n) is 15.8. The Kier molecular flexibility index (Phi) is 3.39. The predicted molar refractivity (Wildman–Crippen MR) is 124 cm³/mol. The average molecular weight is 370 g/mol. The molecule has 136 valence electrons. The molecule has 0 heterocycles. The minimum Gasteiger partial charge on any atom is -0.508 e. The van der Waals surface area contributed by atoms with Crippen molar-refractivity contribution in [2.75, 3.05) is 0 Å². The molecule has 6 aromatic carbocycles. The monoisotopic (exact) mass is 370 g/mol. The third-order valence-corrected chi connectivity index (χ3v) is 5.90. The fraction of sp³-hybridized carbons (Fsp3) is 0. The summed E-state index contributed by atoms with van der Waals surface area (Å²) in [6.45, 7) is 0. The minimum atomic E-state index is 0.287. The normalized spacial score (nSPS) is 11.6. The standard InChI is InChI=1S/C28H18O/c29-22-13-11-19(12-14-22)25-15-20-6-2-4-8-24(20)27-16-21-10-9-18-5-1-3-7-23(18)26(21)17-28(25)27/h1-17,29H. The van der Waals surface area contributed by atoms with Crippen LogP contribution in [0.1, 0.15) is 0 Å². The third kappa shape index (κ3) is 2.48. The molecule has 0 atom stereocenters. The Labute approximate surface area is 168 Å². The summed E-state index contributed by atoms with van der Waals surface area (Å²) in [7, 11) is 0. The molecule has 1 N–H and O–H groups in total. The molecule has 0 spiro atoms. The number of benzene rings is 6. The summed E-state index contributed by atoms with van der Waals surface area (Å²) < 4.78 is 0. The molecule has 0 radical (unpaired) electrons. The molecule has 29 heavy (non-hydrogen) atoms. The zero-order chi connectivity index (χ0) is 19.4. The van der Waals surface area contributed by atoms with Crippen molar-refractivity contribution in [3.05, 3.63) is 103 Å². The molecule has 0 saturated carbocycles. The maximum Gasteiger partial charge on any atom is 0.115 e. The SMILES string of the molecule is Oc1ccc(-c2cc3ccccc3c3cc4ccc5ccccc5c4cc23)cc1. The number of fused-ring (bicyclic) bond motifs is 6. The second-order valence-corrected chi connectivity index (χ2v) is 7.60. The molecule has 6 rings (SSSR count). The van der Waals surface area contributed by atoms with Gasteiger partial charge >= 0.3 is 0 Å². The Balaban J connectivity index is 1.82. The fourth-order valence-electron chi connectivity index (χ4n) is 4.48. The smallest absolute Gasteiger partial charge is 0.115 e. The van der Waals surface area contributed by atoms with Gasteiger partial charge in [0.25, 0.3) is 0 Å². The molecule has 0 amide bonds. The number of rotatable bonds is 1. The first-order valence-corrected chi connectivity index (χ1v) is 9.84. The second kappa shape index (κ2) is 6.08. The molecule has 6 aromatic rings. The highest BCUT2D eigenvalue weighted by Crippen LogP contribution is 2.39. The van der Waals surface area contributed by atoms with Crippen LogP contribution in [0.25, 0.3) is 54.2 Å². The van der Waals surface area contributed by atoms with E-state index in [9.17, 15) is 5.11 Å². The molecule has 0 bridgehead atoms. The van der Waals surface area contributed by atoms with Gasteiger partial charge in [-0.15, -0.1) is 0 Å². The minimum absolute atomic E-state index is 0.287. The van der Waals surface area contributed by atoms with Crippen LogP contribution in [0.15, 0.2) is 103 Å². The molecule has 0 fully saturated rings. The number of hydrogen-bond acceptors (Lipinski definition) is 1. The number of aromatic hydroxyl groups is 1. The lowest BCUT2D eigenvalue weighted by atomic mass is 9.90. The summed E-state index contributed by atoms with van der Waals surface area (Å²) in [6.07, 6.45) is 0. The van der Waals surface area contributed by atoms with Crippen LogP contribution in [0.5, 0.6) is 5.75 Å². The van der Waals surface area contributed by atoms with Crippen LogP contribution in [0.2, 0.25) is 0 Å². The van der Waals surface area contributed by atoms with Crippen molar-refractivity contribution in [3.63, 3.8) is 0 Å². The van der Waals surface area contributed by atoms with E-state index in [0.29, 0.717) is 0 Å². The van der Waals surface area contributed by atoms with Crippen molar-refractivity contribution in [2.24, 2.45) is 0 Å². The van der Waals surface area contributed by atoms with E-state index >= 15 is 0 Å². The summed E-state index contributed by atoms with van der Waals surface area (Å²) in [4.78, 5) is 0. The second-order valence-electron chi connectivity index (χ2n) is 7.60. The van der Waals surface area contributed by atoms with Crippen LogP contribution in [-0.4, -0.2) is 5.11 Å². The largest absolute Gasteiger partial charge is 0.508 e. The number of hydrogen-bond donors (Lipinski definition) is 1. The molecular formula is C28H18O. The molecule has 0 aliphatic rings. The summed E-state index contributed by atoms with van der Waals surface area (Å²) in [6, 6.07) is 36.0. The summed E-state index contributed by atoms with van der Waals surface area (Å²) in [5.41, 5.74) is 2.30. The van der Waals surface area contributed by atoms with Crippen LogP contribution in [0.3, 0.4) is 0 Å². The number of phenolic OH excluding ortho intramolecular Hbond substituents is 1. The van der Waals surface area contributed by atoms with Gasteiger partial charge in [0.1, 0.15) is 5.75 Å². The van der Waals surface area contributed by atoms with Gasteiger partial charge in [-0.25, -0.2) is 0 Å². The first-order valence-electron chi connectivity index (χ1n) is 9.84. The van der Waals surface area contributed by atoms with Gasteiger partial charge in [0.15, 0.2) is 0 Å². The molecule has 0 unspecified atom stereocenters. The van der Waals surface area contributed by atoms with E-state index in [2.05, 4.69) is 78.9 Å². The summed E-state index contributed by atoms with van der Waals surface area (Å²) in [5, 5.41) is 19.8. The van der Waals surface area contributed by atoms with E-state index in [-0.39, 0.29) is 5.75 Å². The molecule has 0 aromatic heterocycles. The fourth-order valence-corrected chi connectivity index (χ4v) is 4.48. The van der Waals surface area contributed by atoms with Gasteiger partial charge < -0.3 is 5.11 Å². The Morgan fingerprint density at radius 2 is 1.03 bits per heavy atom. The number of phenols is 1. The molecule has 1 heteroatoms. The predicted octanol–water partition coefficient (Wildman–Crippen LogP) is 7.67. The van der Waals surface area contributed by atoms with Crippen LogP contribution in [-0.2, 0) is 0 Å². The maximum absolute atomic E-state index is 9.75. The third-order valence-electron chi connectivity index (χ3n) is 5.90. The van der Waals surface area contributed by atoms with Crippen LogP contribution in [0, 0.1) is 0 Å². The van der Waals surface area contributed by atoms with Crippen molar-refractivity contribution in [3.8, 4) is 16.9 Å². The topological polar surface area (TPSA) is 20.2 Å². The quantitative estimate of drug-likeness (QED) is 0.232. The van der Waals surface area contributed by atoms with E-state index in [0.717, 1.165) is 5.56 Å². The van der Waals surface area contributed by atoms with E-state index in [1.165, 1.54) is 48.7 Å². The van der Waals surface area contributed by atoms with Crippen molar-refractivity contribution >= 4 is 43.1 Å². The molecule has 0 saturated heterocycles. The van der Waals surface area contributed by atoms with Crippen LogP contribution in [0.4, 0.5) is 0 Å². The Bertz CT molecular complexity index is 1540. The van der Waals surface area contributed by atoms with E-state index in [1.54, 1.807) is 12.1 Å². The highest BCUT2D eigenvalue weighted by atomic mass is 16.3. The van der Waals surface area contributed by atoms with Crippen LogP contribution < -0.4 is 0 Å². The summed E-state index contributed by atoms with van der Waals surface area (Å²) in [5.74, 6) is 0.287. The van der Waals surface area contributed by atoms with Crippen molar-refractivity contribution < 1.29 is 5.11 Å². The lowest BCUT2D eigenvalue weighted by Gasteiger charge is -2.14. The molecule has 0 aliphatic carbocycles. The lowest BCUT2D eigenvalue weighted by Crippen LogP contribution is -1.86. The average Bonchev–Trinajstić information content (AvgIpc) is 2.78. The van der Waals surface area contributed by atoms with Gasteiger partial charge in [0, 0.05) is 0 Å². The van der Waals surface area contributed by atoms with Crippen LogP contribution >= 0.6 is 0 Å². The van der Waals surface area contributed by atoms with Gasteiger partial charge in [0.2, 0.25) is 0 Å². The van der Waals surface area contributed by atoms with Gasteiger partial charge in [-0.3, -0.25) is 0 Å². The van der Waals surface area contributed by atoms with Gasteiger partial charge in [0.05, 0.1) is 0 Å². The van der Waals surface area contributed by atoms with E-state index in [1.807, 2.05) is 12.1 Å². The van der Waals surface area contributed by atoms with Crippen molar-refractivity contribution in [1.29, 1.82) is 0 Å². The van der Waals surface area contributed by atoms with Crippen molar-refractivity contribution in [1.82, 2.24) is 0 Å². The first-order chi connectivity index (χ1) is 14.3. The molecular weight excluding hydrogens is 352 g/mol. The zero-order valence-corrected chi connectivity index (χ0v) is 15.8. The van der Waals surface area contributed by atoms with Gasteiger partial charge in [-0.2, -0.15) is 0 Å². The maximum atomic E-state index is 9.75. The Morgan fingerprint density at radius 3 is 1.83 bits per heavy atom. The highest BCUT2D eigenvalue weighted by molar-refractivity contribution is 6.20. The van der Waals surface area contributed by atoms with E-state index < -0.39 is 0 Å².